The monoisotopic (exact) mass is 225 g/mol. The Morgan fingerprint density at radius 2 is 1.94 bits per heavy atom. The number of piperidine rings is 1. The predicted octanol–water partition coefficient (Wildman–Crippen LogP) is 1.01. The maximum atomic E-state index is 3.60. The summed E-state index contributed by atoms with van der Waals surface area (Å²) in [5, 5.41) is 3.60. The van der Waals surface area contributed by atoms with E-state index in [9.17, 15) is 0 Å². The van der Waals surface area contributed by atoms with Crippen molar-refractivity contribution in [2.24, 2.45) is 5.92 Å². The van der Waals surface area contributed by atoms with Crippen molar-refractivity contribution in [2.75, 3.05) is 46.8 Å². The third kappa shape index (κ3) is 3.72. The summed E-state index contributed by atoms with van der Waals surface area (Å²) in [6.07, 6.45) is 5.55. The standard InChI is InChI=1S/C13H27N3/c1-15(2)10-12-5-8-16(9-6-12)11-13-4-3-7-14-13/h12-14H,3-11H2,1-2H3/t13-/m0/s1. The lowest BCUT2D eigenvalue weighted by atomic mass is 9.96. The van der Waals surface area contributed by atoms with Crippen molar-refractivity contribution in [3.63, 3.8) is 0 Å². The molecule has 0 bridgehead atoms. The summed E-state index contributed by atoms with van der Waals surface area (Å²) < 4.78 is 0. The smallest absolute Gasteiger partial charge is 0.0195 e. The van der Waals surface area contributed by atoms with Gasteiger partial charge in [0.1, 0.15) is 0 Å². The second-order valence-electron chi connectivity index (χ2n) is 5.80. The fraction of sp³-hybridized carbons (Fsp3) is 1.00. The molecule has 0 aromatic rings. The first-order chi connectivity index (χ1) is 7.74. The molecule has 2 saturated heterocycles. The quantitative estimate of drug-likeness (QED) is 0.770. The van der Waals surface area contributed by atoms with Gasteiger partial charge in [-0.2, -0.15) is 0 Å². The van der Waals surface area contributed by atoms with Crippen LogP contribution >= 0.6 is 0 Å². The molecule has 0 amide bonds. The predicted molar refractivity (Wildman–Crippen MR) is 68.7 cm³/mol. The zero-order valence-corrected chi connectivity index (χ0v) is 10.9. The van der Waals surface area contributed by atoms with Crippen molar-refractivity contribution >= 4 is 0 Å². The van der Waals surface area contributed by atoms with Gasteiger partial charge in [-0.05, 0) is 65.3 Å². The molecule has 1 N–H and O–H groups in total. The number of hydrogen-bond acceptors (Lipinski definition) is 3. The molecule has 0 spiro atoms. The van der Waals surface area contributed by atoms with Crippen LogP contribution in [0.5, 0.6) is 0 Å². The van der Waals surface area contributed by atoms with Gasteiger partial charge in [0.05, 0.1) is 0 Å². The van der Waals surface area contributed by atoms with E-state index in [1.54, 1.807) is 0 Å². The van der Waals surface area contributed by atoms with Gasteiger partial charge >= 0.3 is 0 Å². The molecule has 3 nitrogen and oxygen atoms in total. The Morgan fingerprint density at radius 3 is 2.50 bits per heavy atom. The number of nitrogens with zero attached hydrogens (tertiary/aromatic N) is 2. The molecule has 3 heteroatoms. The molecule has 2 heterocycles. The Labute approximate surface area is 100 Å². The molecule has 16 heavy (non-hydrogen) atoms. The molecule has 0 radical (unpaired) electrons. The third-order valence-corrected chi connectivity index (χ3v) is 3.97. The van der Waals surface area contributed by atoms with E-state index in [0.717, 1.165) is 12.0 Å². The van der Waals surface area contributed by atoms with Crippen molar-refractivity contribution < 1.29 is 0 Å². The third-order valence-electron chi connectivity index (χ3n) is 3.97. The molecule has 0 aliphatic carbocycles. The van der Waals surface area contributed by atoms with Gasteiger partial charge in [0.25, 0.3) is 0 Å². The van der Waals surface area contributed by atoms with E-state index < -0.39 is 0 Å². The highest BCUT2D eigenvalue weighted by Crippen LogP contribution is 2.18. The SMILES string of the molecule is CN(C)CC1CCN(C[C@@H]2CCCN2)CC1. The molecular formula is C13H27N3. The second-order valence-corrected chi connectivity index (χ2v) is 5.80. The average molecular weight is 225 g/mol. The average Bonchev–Trinajstić information content (AvgIpc) is 2.73. The number of likely N-dealkylation sites (tertiary alicyclic amines) is 1. The molecule has 2 rings (SSSR count). The Morgan fingerprint density at radius 1 is 1.19 bits per heavy atom. The fourth-order valence-electron chi connectivity index (χ4n) is 3.09. The highest BCUT2D eigenvalue weighted by atomic mass is 15.2. The van der Waals surface area contributed by atoms with Crippen LogP contribution in [0.25, 0.3) is 0 Å². The van der Waals surface area contributed by atoms with Crippen LogP contribution in [0.4, 0.5) is 0 Å². The van der Waals surface area contributed by atoms with Crippen LogP contribution in [0.15, 0.2) is 0 Å². The molecule has 0 aromatic carbocycles. The lowest BCUT2D eigenvalue weighted by molar-refractivity contribution is 0.153. The Kier molecular flexibility index (Phi) is 4.62. The van der Waals surface area contributed by atoms with Gasteiger partial charge in [-0.1, -0.05) is 0 Å². The maximum absolute atomic E-state index is 3.60. The molecular weight excluding hydrogens is 198 g/mol. The molecule has 1 atom stereocenters. The Bertz CT molecular complexity index is 191. The van der Waals surface area contributed by atoms with Crippen LogP contribution < -0.4 is 5.32 Å². The van der Waals surface area contributed by atoms with E-state index in [4.69, 9.17) is 0 Å². The molecule has 2 aliphatic heterocycles. The lowest BCUT2D eigenvalue weighted by Crippen LogP contribution is -2.43. The summed E-state index contributed by atoms with van der Waals surface area (Å²) in [6.45, 7) is 6.43. The number of rotatable bonds is 4. The van der Waals surface area contributed by atoms with E-state index in [0.29, 0.717) is 0 Å². The van der Waals surface area contributed by atoms with Crippen LogP contribution in [0.3, 0.4) is 0 Å². The Hall–Kier alpha value is -0.120. The van der Waals surface area contributed by atoms with Crippen LogP contribution in [0.2, 0.25) is 0 Å². The van der Waals surface area contributed by atoms with Gasteiger partial charge in [-0.25, -0.2) is 0 Å². The van der Waals surface area contributed by atoms with Crippen molar-refractivity contribution in [1.29, 1.82) is 0 Å². The molecule has 94 valence electrons. The second kappa shape index (κ2) is 5.99. The van der Waals surface area contributed by atoms with E-state index in [-0.39, 0.29) is 0 Å². The van der Waals surface area contributed by atoms with E-state index >= 15 is 0 Å². The summed E-state index contributed by atoms with van der Waals surface area (Å²) in [5.74, 6) is 0.933. The normalized spacial score (nSPS) is 29.1. The maximum Gasteiger partial charge on any atom is 0.0195 e. The molecule has 2 fully saturated rings. The van der Waals surface area contributed by atoms with Crippen molar-refractivity contribution in [3.8, 4) is 0 Å². The highest BCUT2D eigenvalue weighted by Gasteiger charge is 2.23. The molecule has 0 unspecified atom stereocenters. The zero-order chi connectivity index (χ0) is 11.4. The largest absolute Gasteiger partial charge is 0.313 e. The molecule has 0 aromatic heterocycles. The summed E-state index contributed by atoms with van der Waals surface area (Å²) >= 11 is 0. The highest BCUT2D eigenvalue weighted by molar-refractivity contribution is 4.81. The topological polar surface area (TPSA) is 18.5 Å². The summed E-state index contributed by atoms with van der Waals surface area (Å²) in [5.41, 5.74) is 0. The zero-order valence-electron chi connectivity index (χ0n) is 10.9. The first-order valence-electron chi connectivity index (χ1n) is 6.84. The van der Waals surface area contributed by atoms with Gasteiger partial charge < -0.3 is 15.1 Å². The van der Waals surface area contributed by atoms with Crippen LogP contribution in [0, 0.1) is 5.92 Å². The van der Waals surface area contributed by atoms with Crippen LogP contribution in [-0.4, -0.2) is 62.7 Å². The minimum Gasteiger partial charge on any atom is -0.313 e. The fourth-order valence-corrected chi connectivity index (χ4v) is 3.09. The van der Waals surface area contributed by atoms with Crippen molar-refractivity contribution in [1.82, 2.24) is 15.1 Å². The van der Waals surface area contributed by atoms with E-state index in [1.165, 1.54) is 58.4 Å². The Balaban J connectivity index is 1.64. The van der Waals surface area contributed by atoms with Gasteiger partial charge in [0, 0.05) is 19.1 Å². The minimum absolute atomic E-state index is 0.783. The number of nitrogens with one attached hydrogen (secondary N) is 1. The van der Waals surface area contributed by atoms with E-state index in [2.05, 4.69) is 29.2 Å². The summed E-state index contributed by atoms with van der Waals surface area (Å²) in [7, 11) is 4.38. The lowest BCUT2D eigenvalue weighted by Gasteiger charge is -2.34. The molecule has 2 aliphatic rings. The van der Waals surface area contributed by atoms with Crippen molar-refractivity contribution in [3.05, 3.63) is 0 Å². The van der Waals surface area contributed by atoms with Gasteiger partial charge in [0.2, 0.25) is 0 Å². The van der Waals surface area contributed by atoms with Crippen molar-refractivity contribution in [2.45, 2.75) is 31.7 Å². The van der Waals surface area contributed by atoms with Gasteiger partial charge in [0.15, 0.2) is 0 Å². The van der Waals surface area contributed by atoms with E-state index in [1.807, 2.05) is 0 Å². The first kappa shape index (κ1) is 12.3. The first-order valence-corrected chi connectivity index (χ1v) is 6.84. The van der Waals surface area contributed by atoms with Crippen LogP contribution in [-0.2, 0) is 0 Å². The number of hydrogen-bond donors (Lipinski definition) is 1. The molecule has 0 saturated carbocycles. The summed E-state index contributed by atoms with van der Waals surface area (Å²) in [4.78, 5) is 4.99. The minimum atomic E-state index is 0.783. The van der Waals surface area contributed by atoms with Gasteiger partial charge in [-0.3, -0.25) is 0 Å². The summed E-state index contributed by atoms with van der Waals surface area (Å²) in [6, 6.07) is 0.783. The van der Waals surface area contributed by atoms with Crippen LogP contribution in [0.1, 0.15) is 25.7 Å². The van der Waals surface area contributed by atoms with Gasteiger partial charge in [-0.15, -0.1) is 0 Å².